The zero-order valence-corrected chi connectivity index (χ0v) is 10.5. The second-order valence-corrected chi connectivity index (χ2v) is 5.14. The van der Waals surface area contributed by atoms with Crippen LogP contribution in [0, 0.1) is 5.92 Å². The Labute approximate surface area is 97.8 Å². The van der Waals surface area contributed by atoms with Gasteiger partial charge in [-0.15, -0.1) is 0 Å². The number of nitrogens with zero attached hydrogens (tertiary/aromatic N) is 1. The van der Waals surface area contributed by atoms with Gasteiger partial charge in [0.2, 0.25) is 5.91 Å². The van der Waals surface area contributed by atoms with Gasteiger partial charge < -0.3 is 15.7 Å². The average Bonchev–Trinajstić information content (AvgIpc) is 2.26. The summed E-state index contributed by atoms with van der Waals surface area (Å²) in [5.74, 6) is 0.0802. The highest BCUT2D eigenvalue weighted by Crippen LogP contribution is 2.23. The zero-order chi connectivity index (χ0) is 12.3. The number of rotatable bonds is 3. The summed E-state index contributed by atoms with van der Waals surface area (Å²) >= 11 is 0. The summed E-state index contributed by atoms with van der Waals surface area (Å²) in [4.78, 5) is 13.7. The van der Waals surface area contributed by atoms with Gasteiger partial charge in [-0.3, -0.25) is 4.79 Å². The fraction of sp³-hybridized carbons (Fsp3) is 0.917. The van der Waals surface area contributed by atoms with Gasteiger partial charge in [0.1, 0.15) is 0 Å². The van der Waals surface area contributed by atoms with E-state index < -0.39 is 6.04 Å². The Morgan fingerprint density at radius 2 is 1.94 bits per heavy atom. The molecule has 0 heterocycles. The van der Waals surface area contributed by atoms with Gasteiger partial charge in [-0.05, 0) is 18.8 Å². The molecule has 4 heteroatoms. The highest BCUT2D eigenvalue weighted by molar-refractivity contribution is 5.82. The fourth-order valence-electron chi connectivity index (χ4n) is 2.23. The Morgan fingerprint density at radius 3 is 2.44 bits per heavy atom. The quantitative estimate of drug-likeness (QED) is 0.748. The number of hydrogen-bond acceptors (Lipinski definition) is 3. The molecule has 0 aromatic rings. The Kier molecular flexibility index (Phi) is 4.74. The van der Waals surface area contributed by atoms with Gasteiger partial charge >= 0.3 is 0 Å². The lowest BCUT2D eigenvalue weighted by atomic mass is 9.91. The number of aliphatic hydroxyl groups is 1. The van der Waals surface area contributed by atoms with Crippen molar-refractivity contribution in [2.24, 2.45) is 11.7 Å². The summed E-state index contributed by atoms with van der Waals surface area (Å²) in [5, 5.41) is 9.87. The minimum atomic E-state index is -0.459. The van der Waals surface area contributed by atoms with Crippen LogP contribution in [0.2, 0.25) is 0 Å². The molecular formula is C12H24N2O2. The summed E-state index contributed by atoms with van der Waals surface area (Å²) in [6, 6.07) is -0.509. The predicted molar refractivity (Wildman–Crippen MR) is 63.8 cm³/mol. The summed E-state index contributed by atoms with van der Waals surface area (Å²) in [6.45, 7) is 3.88. The number of aliphatic hydroxyl groups excluding tert-OH is 1. The third kappa shape index (κ3) is 2.95. The molecule has 0 aliphatic heterocycles. The molecule has 3 N–H and O–H groups in total. The molecule has 2 unspecified atom stereocenters. The molecule has 0 bridgehead atoms. The summed E-state index contributed by atoms with van der Waals surface area (Å²) in [7, 11) is 1.75. The van der Waals surface area contributed by atoms with Crippen molar-refractivity contribution in [3.63, 3.8) is 0 Å². The molecule has 0 saturated heterocycles. The van der Waals surface area contributed by atoms with Crippen LogP contribution in [0.4, 0.5) is 0 Å². The van der Waals surface area contributed by atoms with Gasteiger partial charge in [0.15, 0.2) is 0 Å². The van der Waals surface area contributed by atoms with Crippen LogP contribution >= 0.6 is 0 Å². The number of nitrogens with two attached hydrogens (primary N) is 1. The van der Waals surface area contributed by atoms with E-state index in [1.807, 2.05) is 13.8 Å². The van der Waals surface area contributed by atoms with Crippen molar-refractivity contribution in [3.8, 4) is 0 Å². The smallest absolute Gasteiger partial charge is 0.239 e. The molecule has 1 fully saturated rings. The first-order valence-electron chi connectivity index (χ1n) is 6.15. The third-order valence-corrected chi connectivity index (χ3v) is 3.54. The molecule has 1 aliphatic carbocycles. The van der Waals surface area contributed by atoms with Crippen molar-refractivity contribution < 1.29 is 9.90 Å². The van der Waals surface area contributed by atoms with Crippen molar-refractivity contribution in [1.29, 1.82) is 0 Å². The van der Waals surface area contributed by atoms with Crippen molar-refractivity contribution in [2.45, 2.75) is 57.7 Å². The van der Waals surface area contributed by atoms with Gasteiger partial charge in [-0.2, -0.15) is 0 Å². The molecule has 16 heavy (non-hydrogen) atoms. The van der Waals surface area contributed by atoms with Crippen LogP contribution in [-0.2, 0) is 4.79 Å². The Morgan fingerprint density at radius 1 is 1.38 bits per heavy atom. The van der Waals surface area contributed by atoms with Crippen LogP contribution in [0.5, 0.6) is 0 Å². The second kappa shape index (κ2) is 5.64. The standard InChI is InChI=1S/C12H24N2O2/c1-8(2)11(13)12(16)14(3)9-6-4-5-7-10(9)15/h8-11,15H,4-7,13H2,1-3H3/t9?,10?,11-/m0/s1. The van der Waals surface area contributed by atoms with Gasteiger partial charge in [0.25, 0.3) is 0 Å². The average molecular weight is 228 g/mol. The fourth-order valence-corrected chi connectivity index (χ4v) is 2.23. The first-order chi connectivity index (χ1) is 7.45. The van der Waals surface area contributed by atoms with E-state index in [0.29, 0.717) is 0 Å². The van der Waals surface area contributed by atoms with Crippen LogP contribution in [0.3, 0.4) is 0 Å². The summed E-state index contributed by atoms with van der Waals surface area (Å²) < 4.78 is 0. The van der Waals surface area contributed by atoms with E-state index in [9.17, 15) is 9.90 Å². The van der Waals surface area contributed by atoms with Crippen LogP contribution < -0.4 is 5.73 Å². The van der Waals surface area contributed by atoms with E-state index in [1.165, 1.54) is 0 Å². The SMILES string of the molecule is CC(C)[C@H](N)C(=O)N(C)C1CCCCC1O. The molecule has 3 atom stereocenters. The third-order valence-electron chi connectivity index (χ3n) is 3.54. The van der Waals surface area contributed by atoms with Gasteiger partial charge in [0.05, 0.1) is 18.2 Å². The molecule has 1 rings (SSSR count). The largest absolute Gasteiger partial charge is 0.391 e. The number of carbonyl (C=O) groups excluding carboxylic acids is 1. The van der Waals surface area contributed by atoms with E-state index >= 15 is 0 Å². The van der Waals surface area contributed by atoms with Crippen molar-refractivity contribution in [1.82, 2.24) is 4.90 Å². The van der Waals surface area contributed by atoms with E-state index in [-0.39, 0.29) is 24.0 Å². The molecular weight excluding hydrogens is 204 g/mol. The lowest BCUT2D eigenvalue weighted by Crippen LogP contribution is -2.53. The molecule has 1 amide bonds. The van der Waals surface area contributed by atoms with Gasteiger partial charge in [-0.1, -0.05) is 26.7 Å². The van der Waals surface area contributed by atoms with E-state index in [2.05, 4.69) is 0 Å². The maximum atomic E-state index is 12.0. The van der Waals surface area contributed by atoms with Crippen LogP contribution in [0.25, 0.3) is 0 Å². The number of hydrogen-bond donors (Lipinski definition) is 2. The Balaban J connectivity index is 2.61. The molecule has 0 aromatic heterocycles. The maximum Gasteiger partial charge on any atom is 0.239 e. The predicted octanol–water partition coefficient (Wildman–Crippen LogP) is 0.732. The highest BCUT2D eigenvalue weighted by atomic mass is 16.3. The van der Waals surface area contributed by atoms with Crippen LogP contribution in [0.15, 0.2) is 0 Å². The van der Waals surface area contributed by atoms with E-state index in [1.54, 1.807) is 11.9 Å². The molecule has 0 spiro atoms. The maximum absolute atomic E-state index is 12.0. The number of carbonyl (C=O) groups is 1. The molecule has 0 aromatic carbocycles. The van der Waals surface area contributed by atoms with E-state index in [4.69, 9.17) is 5.73 Å². The molecule has 94 valence electrons. The first-order valence-corrected chi connectivity index (χ1v) is 6.15. The summed E-state index contributed by atoms with van der Waals surface area (Å²) in [6.07, 6.45) is 3.42. The van der Waals surface area contributed by atoms with Crippen molar-refractivity contribution in [2.75, 3.05) is 7.05 Å². The molecule has 1 aliphatic rings. The Hall–Kier alpha value is -0.610. The first kappa shape index (κ1) is 13.5. The molecule has 4 nitrogen and oxygen atoms in total. The topological polar surface area (TPSA) is 66.6 Å². The number of amides is 1. The molecule has 0 radical (unpaired) electrons. The lowest BCUT2D eigenvalue weighted by molar-refractivity contribution is -0.137. The Bertz CT molecular complexity index is 243. The normalized spacial score (nSPS) is 27.9. The highest BCUT2D eigenvalue weighted by Gasteiger charge is 2.32. The second-order valence-electron chi connectivity index (χ2n) is 5.14. The molecule has 1 saturated carbocycles. The minimum Gasteiger partial charge on any atom is -0.391 e. The van der Waals surface area contributed by atoms with Gasteiger partial charge in [-0.25, -0.2) is 0 Å². The number of likely N-dealkylation sites (N-methyl/N-ethyl adjacent to an activating group) is 1. The lowest BCUT2D eigenvalue weighted by Gasteiger charge is -2.36. The van der Waals surface area contributed by atoms with Crippen molar-refractivity contribution >= 4 is 5.91 Å². The van der Waals surface area contributed by atoms with Crippen LogP contribution in [0.1, 0.15) is 39.5 Å². The van der Waals surface area contributed by atoms with Gasteiger partial charge in [0, 0.05) is 7.05 Å². The van der Waals surface area contributed by atoms with E-state index in [0.717, 1.165) is 25.7 Å². The minimum absolute atomic E-state index is 0.0500. The summed E-state index contributed by atoms with van der Waals surface area (Å²) in [5.41, 5.74) is 5.84. The van der Waals surface area contributed by atoms with Crippen molar-refractivity contribution in [3.05, 3.63) is 0 Å². The van der Waals surface area contributed by atoms with Crippen LogP contribution in [-0.4, -0.2) is 41.1 Å². The zero-order valence-electron chi connectivity index (χ0n) is 10.5. The monoisotopic (exact) mass is 228 g/mol.